The van der Waals surface area contributed by atoms with Crippen molar-refractivity contribution in [1.82, 2.24) is 30.7 Å². The molecule has 0 radical (unpaired) electrons. The Balaban J connectivity index is 1.68. The fourth-order valence-corrected chi connectivity index (χ4v) is 3.03. The molecule has 4 aromatic rings. The van der Waals surface area contributed by atoms with Crippen LogP contribution >= 0.6 is 0 Å². The second kappa shape index (κ2) is 9.56. The Kier molecular flexibility index (Phi) is 6.20. The van der Waals surface area contributed by atoms with Crippen LogP contribution in [0.2, 0.25) is 0 Å². The number of hydrazone groups is 1. The number of para-hydroxylation sites is 1. The summed E-state index contributed by atoms with van der Waals surface area (Å²) in [5.74, 6) is -0.106. The molecule has 0 unspecified atom stereocenters. The summed E-state index contributed by atoms with van der Waals surface area (Å²) < 4.78 is 11.3. The molecule has 0 aliphatic carbocycles. The predicted octanol–water partition coefficient (Wildman–Crippen LogP) is 1.97. The first-order valence-corrected chi connectivity index (χ1v) is 9.83. The number of ether oxygens (including phenoxy) is 1. The van der Waals surface area contributed by atoms with E-state index < -0.39 is 10.8 Å². The highest BCUT2D eigenvalue weighted by atomic mass is 16.6. The lowest BCUT2D eigenvalue weighted by Gasteiger charge is -2.07. The molecule has 34 heavy (non-hydrogen) atoms. The summed E-state index contributed by atoms with van der Waals surface area (Å²) in [5.41, 5.74) is 8.84. The molecule has 2 aromatic carbocycles. The zero-order valence-electron chi connectivity index (χ0n) is 17.7. The first kappa shape index (κ1) is 22.1. The van der Waals surface area contributed by atoms with Crippen molar-refractivity contribution in [3.63, 3.8) is 0 Å². The number of nitro groups is 1. The molecule has 0 atom stereocenters. The van der Waals surface area contributed by atoms with Crippen molar-refractivity contribution in [1.29, 1.82) is 0 Å². The van der Waals surface area contributed by atoms with Crippen molar-refractivity contribution in [3.8, 4) is 22.8 Å². The van der Waals surface area contributed by atoms with Crippen LogP contribution in [0.5, 0.6) is 5.75 Å². The number of carbonyl (C=O) groups is 1. The van der Waals surface area contributed by atoms with Gasteiger partial charge in [0.05, 0.1) is 23.3 Å². The SMILES string of the molecule is CCOc1ccc(-c2c(C(=O)NN=Cc3ccccc3[N+](=O)[O-])nnn2-c2nonc2N)cc1. The molecule has 0 saturated heterocycles. The maximum absolute atomic E-state index is 12.9. The van der Waals surface area contributed by atoms with Crippen LogP contribution in [0.3, 0.4) is 0 Å². The molecule has 2 aromatic heterocycles. The maximum atomic E-state index is 12.9. The lowest BCUT2D eigenvalue weighted by Crippen LogP contribution is -2.19. The van der Waals surface area contributed by atoms with Crippen molar-refractivity contribution in [2.45, 2.75) is 6.92 Å². The minimum absolute atomic E-state index is 0.0406. The Morgan fingerprint density at radius 2 is 2.03 bits per heavy atom. The first-order chi connectivity index (χ1) is 16.5. The Bertz CT molecular complexity index is 1360. The lowest BCUT2D eigenvalue weighted by atomic mass is 10.1. The van der Waals surface area contributed by atoms with E-state index in [2.05, 4.69) is 35.8 Å². The van der Waals surface area contributed by atoms with E-state index in [9.17, 15) is 14.9 Å². The summed E-state index contributed by atoms with van der Waals surface area (Å²) in [6, 6.07) is 12.8. The number of carbonyl (C=O) groups excluding carboxylic acids is 1. The zero-order valence-corrected chi connectivity index (χ0v) is 17.7. The molecular weight excluding hydrogens is 446 g/mol. The molecular formula is C20H17N9O5. The highest BCUT2D eigenvalue weighted by Gasteiger charge is 2.25. The van der Waals surface area contributed by atoms with Crippen molar-refractivity contribution in [2.75, 3.05) is 12.3 Å². The third-order valence-electron chi connectivity index (χ3n) is 4.52. The summed E-state index contributed by atoms with van der Waals surface area (Å²) in [4.78, 5) is 23.5. The van der Waals surface area contributed by atoms with Crippen molar-refractivity contribution >= 4 is 23.6 Å². The highest BCUT2D eigenvalue weighted by Crippen LogP contribution is 2.28. The highest BCUT2D eigenvalue weighted by molar-refractivity contribution is 5.99. The number of nitrogens with two attached hydrogens (primary N) is 1. The van der Waals surface area contributed by atoms with Gasteiger partial charge in [-0.2, -0.15) is 9.78 Å². The van der Waals surface area contributed by atoms with Gasteiger partial charge in [0.15, 0.2) is 5.69 Å². The second-order valence-electron chi connectivity index (χ2n) is 6.64. The molecule has 0 fully saturated rings. The van der Waals surface area contributed by atoms with E-state index in [0.29, 0.717) is 17.9 Å². The number of benzene rings is 2. The average molecular weight is 463 g/mol. The van der Waals surface area contributed by atoms with Crippen LogP contribution in [-0.2, 0) is 0 Å². The smallest absolute Gasteiger partial charge is 0.294 e. The first-order valence-electron chi connectivity index (χ1n) is 9.83. The van der Waals surface area contributed by atoms with Gasteiger partial charge in [0.2, 0.25) is 11.6 Å². The minimum Gasteiger partial charge on any atom is -0.494 e. The number of aromatic nitrogens is 5. The van der Waals surface area contributed by atoms with Crippen molar-refractivity contribution in [3.05, 3.63) is 69.9 Å². The van der Waals surface area contributed by atoms with E-state index in [4.69, 9.17) is 10.5 Å². The van der Waals surface area contributed by atoms with Gasteiger partial charge in [0.1, 0.15) is 11.4 Å². The number of rotatable bonds is 8. The topological polar surface area (TPSA) is 189 Å². The summed E-state index contributed by atoms with van der Waals surface area (Å²) in [6.45, 7) is 2.35. The molecule has 0 saturated carbocycles. The van der Waals surface area contributed by atoms with E-state index in [1.54, 1.807) is 30.3 Å². The van der Waals surface area contributed by atoms with E-state index in [-0.39, 0.29) is 34.3 Å². The molecule has 4 rings (SSSR count). The van der Waals surface area contributed by atoms with Crippen molar-refractivity contribution < 1.29 is 19.1 Å². The molecule has 14 heteroatoms. The Morgan fingerprint density at radius 1 is 1.26 bits per heavy atom. The number of nitro benzene ring substituents is 1. The molecule has 3 N–H and O–H groups in total. The summed E-state index contributed by atoms with van der Waals surface area (Å²) in [6.07, 6.45) is 1.16. The quantitative estimate of drug-likeness (QED) is 0.222. The van der Waals surface area contributed by atoms with E-state index >= 15 is 0 Å². The molecule has 1 amide bonds. The summed E-state index contributed by atoms with van der Waals surface area (Å²) in [7, 11) is 0. The molecule has 14 nitrogen and oxygen atoms in total. The van der Waals surface area contributed by atoms with Crippen LogP contribution in [-0.4, -0.2) is 49.0 Å². The van der Waals surface area contributed by atoms with Gasteiger partial charge in [-0.15, -0.1) is 5.10 Å². The van der Waals surface area contributed by atoms with Gasteiger partial charge >= 0.3 is 0 Å². The Hall–Kier alpha value is -5.14. The van der Waals surface area contributed by atoms with Crippen LogP contribution in [0.15, 0.2) is 58.3 Å². The number of amides is 1. The summed E-state index contributed by atoms with van der Waals surface area (Å²) >= 11 is 0. The third-order valence-corrected chi connectivity index (χ3v) is 4.52. The number of hydrogen-bond donors (Lipinski definition) is 2. The van der Waals surface area contributed by atoms with E-state index in [1.807, 2.05) is 6.92 Å². The van der Waals surface area contributed by atoms with Crippen LogP contribution in [0.25, 0.3) is 17.1 Å². The van der Waals surface area contributed by atoms with Gasteiger partial charge in [0, 0.05) is 11.6 Å². The predicted molar refractivity (Wildman–Crippen MR) is 118 cm³/mol. The zero-order chi connectivity index (χ0) is 24.1. The maximum Gasteiger partial charge on any atom is 0.294 e. The van der Waals surface area contributed by atoms with Crippen LogP contribution in [0, 0.1) is 10.1 Å². The number of nitrogen functional groups attached to an aromatic ring is 1. The largest absolute Gasteiger partial charge is 0.494 e. The minimum atomic E-state index is -0.722. The fraction of sp³-hybridized carbons (Fsp3) is 0.100. The number of anilines is 1. The Morgan fingerprint density at radius 3 is 2.71 bits per heavy atom. The molecule has 0 bridgehead atoms. The monoisotopic (exact) mass is 463 g/mol. The fourth-order valence-electron chi connectivity index (χ4n) is 3.03. The van der Waals surface area contributed by atoms with Gasteiger partial charge in [-0.05, 0) is 47.6 Å². The number of nitrogens with zero attached hydrogens (tertiary/aromatic N) is 7. The van der Waals surface area contributed by atoms with Gasteiger partial charge in [0.25, 0.3) is 11.6 Å². The molecule has 0 aliphatic rings. The van der Waals surface area contributed by atoms with E-state index in [1.165, 1.54) is 22.9 Å². The van der Waals surface area contributed by atoms with Gasteiger partial charge in [-0.1, -0.05) is 17.3 Å². The van der Waals surface area contributed by atoms with Crippen LogP contribution < -0.4 is 15.9 Å². The van der Waals surface area contributed by atoms with Gasteiger partial charge < -0.3 is 10.5 Å². The normalized spacial score (nSPS) is 11.0. The molecule has 0 spiro atoms. The third kappa shape index (κ3) is 4.40. The van der Waals surface area contributed by atoms with Crippen LogP contribution in [0.1, 0.15) is 23.0 Å². The standard InChI is InChI=1S/C20H17N9O5/c1-2-33-14-9-7-12(8-10-14)17-16(23-27-28(17)19-18(21)25-34-26-19)20(30)24-22-11-13-5-3-4-6-15(13)29(31)32/h3-11H,2H2,1H3,(H2,21,25)(H,24,30). The number of hydrogen-bond acceptors (Lipinski definition) is 11. The molecule has 2 heterocycles. The second-order valence-corrected chi connectivity index (χ2v) is 6.64. The van der Waals surface area contributed by atoms with Crippen molar-refractivity contribution in [2.24, 2.45) is 5.10 Å². The van der Waals surface area contributed by atoms with Gasteiger partial charge in [-0.3, -0.25) is 14.9 Å². The van der Waals surface area contributed by atoms with E-state index in [0.717, 1.165) is 6.21 Å². The lowest BCUT2D eigenvalue weighted by molar-refractivity contribution is -0.385. The summed E-state index contributed by atoms with van der Waals surface area (Å²) in [5, 5.41) is 30.1. The number of nitrogens with one attached hydrogen (secondary N) is 1. The van der Waals surface area contributed by atoms with Crippen LogP contribution in [0.4, 0.5) is 11.5 Å². The average Bonchev–Trinajstić information content (AvgIpc) is 3.46. The molecule has 172 valence electrons. The van der Waals surface area contributed by atoms with Gasteiger partial charge in [-0.25, -0.2) is 10.1 Å². The molecule has 0 aliphatic heterocycles. The Labute approximate surface area is 191 Å².